The van der Waals surface area contributed by atoms with E-state index in [1.807, 2.05) is 18.2 Å². The molecule has 0 bridgehead atoms. The summed E-state index contributed by atoms with van der Waals surface area (Å²) in [5.74, 6) is -0.597. The van der Waals surface area contributed by atoms with Crippen molar-refractivity contribution in [2.45, 2.75) is 37.5 Å². The summed E-state index contributed by atoms with van der Waals surface area (Å²) < 4.78 is 31.3. The lowest BCUT2D eigenvalue weighted by Gasteiger charge is -2.27. The first-order chi connectivity index (χ1) is 10.0. The lowest BCUT2D eigenvalue weighted by atomic mass is 10.2. The van der Waals surface area contributed by atoms with Gasteiger partial charge >= 0.3 is 5.97 Å². The van der Waals surface area contributed by atoms with Gasteiger partial charge in [0.05, 0.1) is 12.9 Å². The Morgan fingerprint density at radius 2 is 1.86 bits per heavy atom. The standard InChI is InChI=1S/C15H21NO4S/c1-20-15(17)11-16(14-9-5-6-10-14)21(18,19)12-13-7-3-2-4-8-13/h2-4,7-8,14H,5-6,9-12H2,1H3. The summed E-state index contributed by atoms with van der Waals surface area (Å²) in [6, 6.07) is 8.94. The smallest absolute Gasteiger partial charge is 0.321 e. The van der Waals surface area contributed by atoms with Gasteiger partial charge in [-0.05, 0) is 18.4 Å². The summed E-state index contributed by atoms with van der Waals surface area (Å²) in [7, 11) is -2.25. The molecular formula is C15H21NO4S. The molecule has 0 radical (unpaired) electrons. The van der Waals surface area contributed by atoms with Gasteiger partial charge in [0, 0.05) is 6.04 Å². The molecule has 0 aromatic heterocycles. The van der Waals surface area contributed by atoms with Crippen LogP contribution in [0, 0.1) is 0 Å². The van der Waals surface area contributed by atoms with Crippen molar-refractivity contribution in [1.82, 2.24) is 4.31 Å². The minimum Gasteiger partial charge on any atom is -0.468 e. The highest BCUT2D eigenvalue weighted by atomic mass is 32.2. The highest BCUT2D eigenvalue weighted by Crippen LogP contribution is 2.27. The highest BCUT2D eigenvalue weighted by Gasteiger charge is 2.33. The van der Waals surface area contributed by atoms with Crippen LogP contribution in [0.1, 0.15) is 31.2 Å². The molecule has 1 fully saturated rings. The zero-order valence-corrected chi connectivity index (χ0v) is 13.0. The monoisotopic (exact) mass is 311 g/mol. The van der Waals surface area contributed by atoms with Gasteiger partial charge in [-0.1, -0.05) is 43.2 Å². The number of nitrogens with zero attached hydrogens (tertiary/aromatic N) is 1. The second kappa shape index (κ2) is 7.04. The van der Waals surface area contributed by atoms with Crippen molar-refractivity contribution in [2.75, 3.05) is 13.7 Å². The molecule has 6 heteroatoms. The van der Waals surface area contributed by atoms with Gasteiger partial charge in [0.2, 0.25) is 10.0 Å². The van der Waals surface area contributed by atoms with Gasteiger partial charge in [0.1, 0.15) is 6.54 Å². The number of sulfonamides is 1. The number of hydrogen-bond donors (Lipinski definition) is 0. The normalized spacial score (nSPS) is 16.3. The minimum absolute atomic E-state index is 0.0820. The number of methoxy groups -OCH3 is 1. The van der Waals surface area contributed by atoms with Gasteiger partial charge in [0.25, 0.3) is 0 Å². The molecule has 0 aliphatic heterocycles. The number of carbonyl (C=O) groups excluding carboxylic acids is 1. The summed E-state index contributed by atoms with van der Waals surface area (Å²) in [5.41, 5.74) is 0.727. The van der Waals surface area contributed by atoms with E-state index < -0.39 is 16.0 Å². The predicted molar refractivity (Wildman–Crippen MR) is 80.0 cm³/mol. The Morgan fingerprint density at radius 1 is 1.24 bits per heavy atom. The Kier molecular flexibility index (Phi) is 5.36. The maximum Gasteiger partial charge on any atom is 0.321 e. The van der Waals surface area contributed by atoms with Crippen molar-refractivity contribution in [1.29, 1.82) is 0 Å². The van der Waals surface area contributed by atoms with E-state index in [9.17, 15) is 13.2 Å². The van der Waals surface area contributed by atoms with Crippen LogP contribution in [0.2, 0.25) is 0 Å². The number of carbonyl (C=O) groups is 1. The van der Waals surface area contributed by atoms with Crippen LogP contribution >= 0.6 is 0 Å². The van der Waals surface area contributed by atoms with Crippen molar-refractivity contribution in [3.05, 3.63) is 35.9 Å². The molecule has 0 N–H and O–H groups in total. The molecule has 1 aliphatic carbocycles. The summed E-state index contributed by atoms with van der Waals surface area (Å²) in [4.78, 5) is 11.5. The van der Waals surface area contributed by atoms with Gasteiger partial charge in [-0.25, -0.2) is 8.42 Å². The van der Waals surface area contributed by atoms with Crippen LogP contribution in [0.4, 0.5) is 0 Å². The Bertz CT molecular complexity index is 565. The number of hydrogen-bond acceptors (Lipinski definition) is 4. The summed E-state index contributed by atoms with van der Waals surface area (Å²) in [6.07, 6.45) is 3.63. The average Bonchev–Trinajstić information content (AvgIpc) is 2.98. The third-order valence-corrected chi connectivity index (χ3v) is 5.63. The van der Waals surface area contributed by atoms with Gasteiger partial charge in [-0.15, -0.1) is 0 Å². The van der Waals surface area contributed by atoms with Gasteiger partial charge in [-0.2, -0.15) is 4.31 Å². The van der Waals surface area contributed by atoms with Gasteiger partial charge < -0.3 is 4.74 Å². The minimum atomic E-state index is -3.53. The van der Waals surface area contributed by atoms with Crippen LogP contribution in [-0.2, 0) is 25.3 Å². The zero-order chi connectivity index (χ0) is 15.3. The fraction of sp³-hybridized carbons (Fsp3) is 0.533. The second-order valence-electron chi connectivity index (χ2n) is 5.30. The molecule has 0 spiro atoms. The lowest BCUT2D eigenvalue weighted by Crippen LogP contribution is -2.43. The second-order valence-corrected chi connectivity index (χ2v) is 7.22. The fourth-order valence-electron chi connectivity index (χ4n) is 2.71. The van der Waals surface area contributed by atoms with Gasteiger partial charge in [0.15, 0.2) is 0 Å². The largest absolute Gasteiger partial charge is 0.468 e. The Labute approximate surface area is 126 Å². The fourth-order valence-corrected chi connectivity index (χ4v) is 4.45. The lowest BCUT2D eigenvalue weighted by molar-refractivity contribution is -0.141. The molecule has 0 atom stereocenters. The van der Waals surface area contributed by atoms with E-state index in [2.05, 4.69) is 4.74 Å². The molecule has 21 heavy (non-hydrogen) atoms. The molecule has 2 rings (SSSR count). The number of ether oxygens (including phenoxy) is 1. The van der Waals surface area contributed by atoms with Crippen molar-refractivity contribution in [3.8, 4) is 0 Å². The van der Waals surface area contributed by atoms with E-state index in [0.717, 1.165) is 31.2 Å². The van der Waals surface area contributed by atoms with Crippen LogP contribution < -0.4 is 0 Å². The number of benzene rings is 1. The average molecular weight is 311 g/mol. The zero-order valence-electron chi connectivity index (χ0n) is 12.2. The van der Waals surface area contributed by atoms with Crippen molar-refractivity contribution in [3.63, 3.8) is 0 Å². The third-order valence-electron chi connectivity index (χ3n) is 3.79. The van der Waals surface area contributed by atoms with Crippen molar-refractivity contribution < 1.29 is 17.9 Å². The van der Waals surface area contributed by atoms with E-state index in [1.165, 1.54) is 11.4 Å². The SMILES string of the molecule is COC(=O)CN(C1CCCC1)S(=O)(=O)Cc1ccccc1. The molecule has 1 aliphatic rings. The molecule has 0 heterocycles. The first-order valence-corrected chi connectivity index (χ1v) is 8.74. The maximum atomic E-state index is 12.7. The molecular weight excluding hydrogens is 290 g/mol. The van der Waals surface area contributed by atoms with E-state index in [-0.39, 0.29) is 18.3 Å². The van der Waals surface area contributed by atoms with Crippen LogP contribution in [-0.4, -0.2) is 38.4 Å². The Morgan fingerprint density at radius 3 is 2.43 bits per heavy atom. The van der Waals surface area contributed by atoms with E-state index in [1.54, 1.807) is 12.1 Å². The Hall–Kier alpha value is -1.40. The third kappa shape index (κ3) is 4.28. The summed E-state index contributed by atoms with van der Waals surface area (Å²) in [6.45, 7) is -0.198. The molecule has 1 aromatic carbocycles. The molecule has 1 saturated carbocycles. The quantitative estimate of drug-likeness (QED) is 0.753. The van der Waals surface area contributed by atoms with E-state index in [0.29, 0.717) is 0 Å². The molecule has 0 unspecified atom stereocenters. The van der Waals surface area contributed by atoms with E-state index >= 15 is 0 Å². The highest BCUT2D eigenvalue weighted by molar-refractivity contribution is 7.88. The predicted octanol–water partition coefficient (Wildman–Crippen LogP) is 1.93. The first-order valence-electron chi connectivity index (χ1n) is 7.13. The topological polar surface area (TPSA) is 63.7 Å². The number of rotatable bonds is 6. The van der Waals surface area contributed by atoms with Crippen molar-refractivity contribution in [2.24, 2.45) is 0 Å². The molecule has 5 nitrogen and oxygen atoms in total. The molecule has 1 aromatic rings. The van der Waals surface area contributed by atoms with Crippen LogP contribution in [0.25, 0.3) is 0 Å². The van der Waals surface area contributed by atoms with Crippen molar-refractivity contribution >= 4 is 16.0 Å². The maximum absolute atomic E-state index is 12.7. The Balaban J connectivity index is 2.19. The molecule has 116 valence electrons. The molecule has 0 amide bonds. The number of esters is 1. The molecule has 0 saturated heterocycles. The first kappa shape index (κ1) is 16.0. The van der Waals surface area contributed by atoms with Crippen LogP contribution in [0.15, 0.2) is 30.3 Å². The van der Waals surface area contributed by atoms with Crippen LogP contribution in [0.3, 0.4) is 0 Å². The summed E-state index contributed by atoms with van der Waals surface area (Å²) in [5, 5.41) is 0. The van der Waals surface area contributed by atoms with Crippen LogP contribution in [0.5, 0.6) is 0 Å². The van der Waals surface area contributed by atoms with Gasteiger partial charge in [-0.3, -0.25) is 4.79 Å². The van der Waals surface area contributed by atoms with E-state index in [4.69, 9.17) is 0 Å². The summed E-state index contributed by atoms with van der Waals surface area (Å²) >= 11 is 0.